The second-order valence-corrected chi connectivity index (χ2v) is 6.88. The molecule has 0 aliphatic heterocycles. The van der Waals surface area contributed by atoms with E-state index < -0.39 is 0 Å². The number of rotatable bonds is 4. The number of hydrogen-bond donors (Lipinski definition) is 0. The Kier molecular flexibility index (Phi) is 4.01. The minimum Gasteiger partial charge on any atom is -0.334 e. The van der Waals surface area contributed by atoms with Gasteiger partial charge in [0.1, 0.15) is 5.52 Å². The largest absolute Gasteiger partial charge is 0.334 e. The summed E-state index contributed by atoms with van der Waals surface area (Å²) in [7, 11) is 0. The first kappa shape index (κ1) is 15.9. The lowest BCUT2D eigenvalue weighted by Crippen LogP contribution is -2.06. The molecule has 6 heteroatoms. The molecule has 0 saturated heterocycles. The molecule has 2 heterocycles. The van der Waals surface area contributed by atoms with Crippen molar-refractivity contribution in [3.63, 3.8) is 0 Å². The summed E-state index contributed by atoms with van der Waals surface area (Å²) in [5.74, 6) is 1.03. The van der Waals surface area contributed by atoms with E-state index in [4.69, 9.17) is 4.52 Å². The molecule has 0 N–H and O–H groups in total. The third-order valence-electron chi connectivity index (χ3n) is 5.06. The minimum atomic E-state index is 0.473. The lowest BCUT2D eigenvalue weighted by Gasteiger charge is -2.09. The van der Waals surface area contributed by atoms with Gasteiger partial charge in [-0.2, -0.15) is 4.98 Å². The molecule has 0 bridgehead atoms. The molecule has 1 aliphatic carbocycles. The fraction of sp³-hybridized carbons (Fsp3) is 0.238. The third kappa shape index (κ3) is 3.14. The van der Waals surface area contributed by atoms with Crippen LogP contribution in [0.1, 0.15) is 43.2 Å². The lowest BCUT2D eigenvalue weighted by molar-refractivity contribution is 0.411. The number of aromatic nitrogens is 5. The highest BCUT2D eigenvalue weighted by molar-refractivity contribution is 5.80. The Balaban J connectivity index is 1.41. The van der Waals surface area contributed by atoms with Gasteiger partial charge >= 0.3 is 0 Å². The molecule has 0 atom stereocenters. The van der Waals surface area contributed by atoms with Crippen molar-refractivity contribution in [2.75, 3.05) is 0 Å². The molecule has 27 heavy (non-hydrogen) atoms. The molecular formula is C21H19N5O. The highest BCUT2D eigenvalue weighted by Crippen LogP contribution is 2.31. The maximum atomic E-state index is 5.35. The fourth-order valence-electron chi connectivity index (χ4n) is 3.65. The summed E-state index contributed by atoms with van der Waals surface area (Å²) in [6.45, 7) is 0. The van der Waals surface area contributed by atoms with E-state index in [9.17, 15) is 0 Å². The normalized spacial score (nSPS) is 15.3. The van der Waals surface area contributed by atoms with E-state index in [-0.39, 0.29) is 0 Å². The average Bonchev–Trinajstić information content (AvgIpc) is 3.46. The van der Waals surface area contributed by atoms with Crippen LogP contribution in [0.2, 0.25) is 0 Å². The molecule has 0 spiro atoms. The Morgan fingerprint density at radius 3 is 2.70 bits per heavy atom. The summed E-state index contributed by atoms with van der Waals surface area (Å²) in [5, 5.41) is 12.8. The van der Waals surface area contributed by atoms with Crippen LogP contribution >= 0.6 is 0 Å². The highest BCUT2D eigenvalue weighted by Gasteiger charge is 2.20. The molecule has 5 rings (SSSR count). The molecular weight excluding hydrogens is 338 g/mol. The Hall–Kier alpha value is -3.28. The first-order valence-electron chi connectivity index (χ1n) is 9.29. The monoisotopic (exact) mass is 357 g/mol. The van der Waals surface area contributed by atoms with E-state index in [2.05, 4.69) is 31.2 Å². The smallest absolute Gasteiger partial charge is 0.250 e. The van der Waals surface area contributed by atoms with Gasteiger partial charge in [-0.25, -0.2) is 4.68 Å². The van der Waals surface area contributed by atoms with Crippen molar-refractivity contribution in [3.05, 3.63) is 60.0 Å². The molecule has 6 nitrogen and oxygen atoms in total. The topological polar surface area (TPSA) is 69.6 Å². The number of fused-ring (bicyclic) bond motifs is 1. The first-order chi connectivity index (χ1) is 13.4. The van der Waals surface area contributed by atoms with Gasteiger partial charge in [0.15, 0.2) is 0 Å². The maximum absolute atomic E-state index is 5.35. The quantitative estimate of drug-likeness (QED) is 0.526. The predicted molar refractivity (Wildman–Crippen MR) is 104 cm³/mol. The van der Waals surface area contributed by atoms with Crippen LogP contribution in [0.15, 0.2) is 53.1 Å². The van der Waals surface area contributed by atoms with Gasteiger partial charge < -0.3 is 4.52 Å². The second-order valence-electron chi connectivity index (χ2n) is 6.88. The molecule has 1 saturated carbocycles. The van der Waals surface area contributed by atoms with Crippen molar-refractivity contribution >= 4 is 23.2 Å². The van der Waals surface area contributed by atoms with E-state index in [1.165, 1.54) is 25.7 Å². The van der Waals surface area contributed by atoms with Gasteiger partial charge in [0, 0.05) is 11.6 Å². The van der Waals surface area contributed by atoms with Gasteiger partial charge in [0.25, 0.3) is 5.89 Å². The van der Waals surface area contributed by atoms with Gasteiger partial charge in [-0.1, -0.05) is 53.5 Å². The number of nitrogens with zero attached hydrogens (tertiary/aromatic N) is 5. The molecule has 4 aromatic rings. The summed E-state index contributed by atoms with van der Waals surface area (Å²) in [4.78, 5) is 4.47. The summed E-state index contributed by atoms with van der Waals surface area (Å²) < 4.78 is 7.42. The van der Waals surface area contributed by atoms with E-state index in [0.29, 0.717) is 17.8 Å². The van der Waals surface area contributed by atoms with Gasteiger partial charge in [-0.05, 0) is 42.7 Å². The summed E-state index contributed by atoms with van der Waals surface area (Å²) in [6, 6.07) is 16.5. The van der Waals surface area contributed by atoms with Gasteiger partial charge in [0.05, 0.1) is 11.6 Å². The van der Waals surface area contributed by atoms with Crippen molar-refractivity contribution in [3.8, 4) is 11.4 Å². The Morgan fingerprint density at radius 2 is 1.85 bits per heavy atom. The van der Waals surface area contributed by atoms with Gasteiger partial charge in [-0.3, -0.25) is 0 Å². The zero-order chi connectivity index (χ0) is 18.1. The standard InChI is InChI=1S/C21H19N5O/c1-2-6-15(7-3-1)10-13-20-22-21(24-27-20)16-11-12-19-18(14-16)23-25-26(19)17-8-4-5-9-17/h1-3,6-7,10-14,17H,4-5,8-9H2/b13-10+. The van der Waals surface area contributed by atoms with Crippen molar-refractivity contribution in [1.29, 1.82) is 0 Å². The fourth-order valence-corrected chi connectivity index (χ4v) is 3.65. The van der Waals surface area contributed by atoms with Crippen molar-refractivity contribution in [2.24, 2.45) is 0 Å². The van der Waals surface area contributed by atoms with Crippen LogP contribution in [-0.2, 0) is 0 Å². The molecule has 2 aromatic carbocycles. The van der Waals surface area contributed by atoms with Crippen LogP contribution in [0.5, 0.6) is 0 Å². The number of hydrogen-bond acceptors (Lipinski definition) is 5. The molecule has 1 aliphatic rings. The Bertz CT molecular complexity index is 1090. The van der Waals surface area contributed by atoms with E-state index in [1.54, 1.807) is 0 Å². The minimum absolute atomic E-state index is 0.473. The van der Waals surface area contributed by atoms with Gasteiger partial charge in [0.2, 0.25) is 5.82 Å². The van der Waals surface area contributed by atoms with E-state index in [1.807, 2.05) is 54.6 Å². The predicted octanol–water partition coefficient (Wildman–Crippen LogP) is 4.77. The number of benzene rings is 2. The maximum Gasteiger partial charge on any atom is 0.250 e. The van der Waals surface area contributed by atoms with Crippen LogP contribution in [0.4, 0.5) is 0 Å². The molecule has 2 aromatic heterocycles. The zero-order valence-electron chi connectivity index (χ0n) is 14.8. The van der Waals surface area contributed by atoms with Crippen LogP contribution in [0.3, 0.4) is 0 Å². The third-order valence-corrected chi connectivity index (χ3v) is 5.06. The second kappa shape index (κ2) is 6.79. The molecule has 0 unspecified atom stereocenters. The molecule has 134 valence electrons. The zero-order valence-corrected chi connectivity index (χ0v) is 14.8. The SMILES string of the molecule is C(=C\c1nc(-c2ccc3c(c2)nnn3C2CCCC2)no1)/c1ccccc1. The van der Waals surface area contributed by atoms with Crippen LogP contribution in [0.25, 0.3) is 34.6 Å². The summed E-state index contributed by atoms with van der Waals surface area (Å²) in [6.07, 6.45) is 8.68. The van der Waals surface area contributed by atoms with Crippen molar-refractivity contribution < 1.29 is 4.52 Å². The van der Waals surface area contributed by atoms with Crippen LogP contribution < -0.4 is 0 Å². The van der Waals surface area contributed by atoms with Gasteiger partial charge in [-0.15, -0.1) is 5.10 Å². The Labute approximate surface area is 156 Å². The molecule has 1 fully saturated rings. The first-order valence-corrected chi connectivity index (χ1v) is 9.29. The van der Waals surface area contributed by atoms with Crippen LogP contribution in [-0.4, -0.2) is 25.1 Å². The summed E-state index contributed by atoms with van der Waals surface area (Å²) in [5.41, 5.74) is 3.90. The van der Waals surface area contributed by atoms with Crippen LogP contribution in [0, 0.1) is 0 Å². The van der Waals surface area contributed by atoms with E-state index in [0.717, 1.165) is 22.2 Å². The average molecular weight is 357 g/mol. The summed E-state index contributed by atoms with van der Waals surface area (Å²) >= 11 is 0. The molecule has 0 radical (unpaired) electrons. The Morgan fingerprint density at radius 1 is 1.00 bits per heavy atom. The molecule has 0 amide bonds. The van der Waals surface area contributed by atoms with Crippen molar-refractivity contribution in [2.45, 2.75) is 31.7 Å². The lowest BCUT2D eigenvalue weighted by atomic mass is 10.1. The van der Waals surface area contributed by atoms with Crippen molar-refractivity contribution in [1.82, 2.24) is 25.1 Å². The highest BCUT2D eigenvalue weighted by atomic mass is 16.5. The van der Waals surface area contributed by atoms with E-state index >= 15 is 0 Å².